The number of carbonyl (C=O) groups is 1. The van der Waals surface area contributed by atoms with Gasteiger partial charge in [-0.2, -0.15) is 4.98 Å². The number of benzene rings is 2. The number of aliphatic hydroxyl groups excluding tert-OH is 2. The lowest BCUT2D eigenvalue weighted by atomic mass is 10.0. The molecule has 2 aromatic carbocycles. The van der Waals surface area contributed by atoms with E-state index < -0.39 is 18.6 Å². The molecule has 0 radical (unpaired) electrons. The fourth-order valence-corrected chi connectivity index (χ4v) is 4.21. The van der Waals surface area contributed by atoms with Crippen LogP contribution in [0.1, 0.15) is 43.0 Å². The van der Waals surface area contributed by atoms with Gasteiger partial charge in [0.25, 0.3) is 5.89 Å². The molecule has 0 aliphatic carbocycles. The topological polar surface area (TPSA) is 121 Å². The van der Waals surface area contributed by atoms with Crippen LogP contribution in [0.3, 0.4) is 0 Å². The third kappa shape index (κ3) is 7.61. The van der Waals surface area contributed by atoms with Crippen molar-refractivity contribution in [2.75, 3.05) is 32.8 Å². The predicted octanol–water partition coefficient (Wildman–Crippen LogP) is 3.27. The van der Waals surface area contributed by atoms with Crippen molar-refractivity contribution in [1.29, 1.82) is 0 Å². The Labute approximate surface area is 218 Å². The Morgan fingerprint density at radius 1 is 1.11 bits per heavy atom. The molecule has 1 atom stereocenters. The zero-order chi connectivity index (χ0) is 26.9. The molecule has 0 bridgehead atoms. The molecule has 1 aromatic heterocycles. The van der Waals surface area contributed by atoms with E-state index in [1.165, 1.54) is 5.56 Å². The normalized spacial score (nSPS) is 12.1. The van der Waals surface area contributed by atoms with Crippen molar-refractivity contribution < 1.29 is 24.3 Å². The first-order valence-electron chi connectivity index (χ1n) is 12.8. The van der Waals surface area contributed by atoms with E-state index in [-0.39, 0.29) is 13.2 Å². The van der Waals surface area contributed by atoms with Gasteiger partial charge in [0.05, 0.1) is 0 Å². The second kappa shape index (κ2) is 13.3. The van der Waals surface area contributed by atoms with E-state index in [0.29, 0.717) is 23.9 Å². The maximum absolute atomic E-state index is 11.2. The summed E-state index contributed by atoms with van der Waals surface area (Å²) in [6.45, 7) is 12.6. The average Bonchev–Trinajstić information content (AvgIpc) is 3.39. The van der Waals surface area contributed by atoms with Crippen LogP contribution in [0.4, 0.5) is 0 Å². The van der Waals surface area contributed by atoms with Gasteiger partial charge in [0.15, 0.2) is 0 Å². The van der Waals surface area contributed by atoms with Crippen LogP contribution >= 0.6 is 0 Å². The Kier molecular flexibility index (Phi) is 10.2. The monoisotopic (exact) mass is 510 g/mol. The van der Waals surface area contributed by atoms with Gasteiger partial charge in [0.1, 0.15) is 25.1 Å². The van der Waals surface area contributed by atoms with Crippen LogP contribution in [0.15, 0.2) is 34.9 Å². The molecule has 0 saturated carbocycles. The Balaban J connectivity index is 1.79. The first-order chi connectivity index (χ1) is 17.8. The van der Waals surface area contributed by atoms with Crippen molar-refractivity contribution in [3.05, 3.63) is 52.6 Å². The van der Waals surface area contributed by atoms with E-state index in [1.807, 2.05) is 26.0 Å². The van der Waals surface area contributed by atoms with Gasteiger partial charge < -0.3 is 24.8 Å². The van der Waals surface area contributed by atoms with Crippen LogP contribution in [0.2, 0.25) is 0 Å². The fourth-order valence-electron chi connectivity index (χ4n) is 4.21. The first kappa shape index (κ1) is 28.3. The number of aromatic nitrogens is 2. The van der Waals surface area contributed by atoms with E-state index in [9.17, 15) is 9.90 Å². The maximum Gasteiger partial charge on any atom is 0.258 e. The third-order valence-electron chi connectivity index (χ3n) is 6.20. The van der Waals surface area contributed by atoms with Gasteiger partial charge in [-0.3, -0.25) is 9.69 Å². The number of nitrogens with one attached hydrogen (secondary N) is 1. The van der Waals surface area contributed by atoms with Crippen molar-refractivity contribution in [3.63, 3.8) is 0 Å². The number of ether oxygens (including phenoxy) is 1. The van der Waals surface area contributed by atoms with Gasteiger partial charge in [0, 0.05) is 24.2 Å². The second-order valence-electron chi connectivity index (χ2n) is 9.15. The van der Waals surface area contributed by atoms with Crippen molar-refractivity contribution in [3.8, 4) is 28.6 Å². The molecule has 0 fully saturated rings. The van der Waals surface area contributed by atoms with Crippen LogP contribution in [0, 0.1) is 13.8 Å². The van der Waals surface area contributed by atoms with Crippen LogP contribution in [-0.4, -0.2) is 70.1 Å². The molecule has 9 heteroatoms. The summed E-state index contributed by atoms with van der Waals surface area (Å²) in [5, 5.41) is 25.6. The molecule has 200 valence electrons. The molecule has 1 heterocycles. The molecule has 3 N–H and O–H groups in total. The summed E-state index contributed by atoms with van der Waals surface area (Å²) in [5.74, 6) is 1.11. The van der Waals surface area contributed by atoms with Crippen LogP contribution < -0.4 is 10.1 Å². The maximum atomic E-state index is 11.2. The summed E-state index contributed by atoms with van der Waals surface area (Å²) in [7, 11) is 0. The van der Waals surface area contributed by atoms with Gasteiger partial charge in [-0.1, -0.05) is 37.6 Å². The quantitative estimate of drug-likeness (QED) is 0.320. The number of amides is 1. The van der Waals surface area contributed by atoms with Gasteiger partial charge >= 0.3 is 0 Å². The minimum atomic E-state index is -0.903. The molecule has 9 nitrogen and oxygen atoms in total. The highest BCUT2D eigenvalue weighted by atomic mass is 16.5. The molecule has 0 aliphatic rings. The molecule has 1 unspecified atom stereocenters. The van der Waals surface area contributed by atoms with Crippen LogP contribution in [0.5, 0.6) is 5.75 Å². The average molecular weight is 511 g/mol. The SMILES string of the molecule is CCc1cc(-c2noc(-c3cc(C)cc(CN(CC)CC)c3)n2)cc(C)c1OCC(O)CNC(=O)CO. The lowest BCUT2D eigenvalue weighted by Gasteiger charge is -2.18. The number of rotatable bonds is 13. The molecule has 3 aromatic rings. The highest BCUT2D eigenvalue weighted by Crippen LogP contribution is 2.31. The summed E-state index contributed by atoms with van der Waals surface area (Å²) < 4.78 is 11.6. The lowest BCUT2D eigenvalue weighted by molar-refractivity contribution is -0.124. The Morgan fingerprint density at radius 2 is 1.86 bits per heavy atom. The zero-order valence-corrected chi connectivity index (χ0v) is 22.4. The van der Waals surface area contributed by atoms with Crippen molar-refractivity contribution in [2.24, 2.45) is 0 Å². The molecule has 3 rings (SSSR count). The zero-order valence-electron chi connectivity index (χ0n) is 22.4. The summed E-state index contributed by atoms with van der Waals surface area (Å²) >= 11 is 0. The Morgan fingerprint density at radius 3 is 2.54 bits per heavy atom. The van der Waals surface area contributed by atoms with Crippen molar-refractivity contribution in [2.45, 2.75) is 53.7 Å². The number of hydrogen-bond acceptors (Lipinski definition) is 8. The number of aryl methyl sites for hydroxylation is 3. The van der Waals surface area contributed by atoms with Gasteiger partial charge in [0.2, 0.25) is 11.7 Å². The minimum Gasteiger partial charge on any atom is -0.490 e. The lowest BCUT2D eigenvalue weighted by Crippen LogP contribution is -2.36. The highest BCUT2D eigenvalue weighted by Gasteiger charge is 2.17. The number of nitrogens with zero attached hydrogens (tertiary/aromatic N) is 3. The van der Waals surface area contributed by atoms with Crippen LogP contribution in [-0.2, 0) is 17.8 Å². The molecule has 0 saturated heterocycles. The summed E-state index contributed by atoms with van der Waals surface area (Å²) in [6.07, 6.45) is -0.196. The largest absolute Gasteiger partial charge is 0.490 e. The molecule has 0 aliphatic heterocycles. The Bertz CT molecular complexity index is 1190. The molecule has 1 amide bonds. The van der Waals surface area contributed by atoms with Gasteiger partial charge in [-0.05, 0) is 74.3 Å². The molecule has 0 spiro atoms. The van der Waals surface area contributed by atoms with Gasteiger partial charge in [-0.15, -0.1) is 0 Å². The van der Waals surface area contributed by atoms with Crippen LogP contribution in [0.25, 0.3) is 22.8 Å². The van der Waals surface area contributed by atoms with E-state index in [4.69, 9.17) is 14.4 Å². The van der Waals surface area contributed by atoms with Crippen molar-refractivity contribution >= 4 is 5.91 Å². The molecular weight excluding hydrogens is 472 g/mol. The summed E-state index contributed by atoms with van der Waals surface area (Å²) in [5.41, 5.74) is 5.90. The fraction of sp³-hybridized carbons (Fsp3) is 0.464. The number of hydrogen-bond donors (Lipinski definition) is 3. The van der Waals surface area contributed by atoms with E-state index >= 15 is 0 Å². The molecular formula is C28H38N4O5. The minimum absolute atomic E-state index is 0.000780. The third-order valence-corrected chi connectivity index (χ3v) is 6.20. The number of carbonyl (C=O) groups excluding carboxylic acids is 1. The van der Waals surface area contributed by atoms with E-state index in [1.54, 1.807) is 0 Å². The predicted molar refractivity (Wildman–Crippen MR) is 142 cm³/mol. The smallest absolute Gasteiger partial charge is 0.258 e. The van der Waals surface area contributed by atoms with E-state index in [2.05, 4.69) is 59.3 Å². The second-order valence-corrected chi connectivity index (χ2v) is 9.15. The standard InChI is InChI=1S/C28H38N4O5/c1-6-21-13-22(11-19(5)26(21)36-17-24(34)14-29-25(35)16-33)27-30-28(37-31-27)23-10-18(4)9-20(12-23)15-32(7-2)8-3/h9-13,24,33-34H,6-8,14-17H2,1-5H3,(H,29,35). The summed E-state index contributed by atoms with van der Waals surface area (Å²) in [6, 6.07) is 10.3. The Hall–Kier alpha value is -3.27. The summed E-state index contributed by atoms with van der Waals surface area (Å²) in [4.78, 5) is 18.2. The van der Waals surface area contributed by atoms with Crippen molar-refractivity contribution in [1.82, 2.24) is 20.4 Å². The highest BCUT2D eigenvalue weighted by molar-refractivity contribution is 5.76. The van der Waals surface area contributed by atoms with Gasteiger partial charge in [-0.25, -0.2) is 0 Å². The number of aliphatic hydroxyl groups is 2. The van der Waals surface area contributed by atoms with E-state index in [0.717, 1.165) is 47.5 Å². The molecule has 37 heavy (non-hydrogen) atoms. The first-order valence-corrected chi connectivity index (χ1v) is 12.8.